The molecule has 0 aromatic heterocycles. The largest absolute Gasteiger partial charge is 0.478 e. The minimum Gasteiger partial charge on any atom is -0.478 e. The minimum absolute atomic E-state index is 0.308. The van der Waals surface area contributed by atoms with Crippen LogP contribution in [0.15, 0.2) is 12.2 Å². The van der Waals surface area contributed by atoms with Crippen LogP contribution in [0, 0.1) is 0 Å². The summed E-state index contributed by atoms with van der Waals surface area (Å²) >= 11 is 0. The number of nitrogens with zero attached hydrogens (tertiary/aromatic N) is 1. The van der Waals surface area contributed by atoms with E-state index in [4.69, 9.17) is 5.11 Å². The Balaban J connectivity index is 3.80. The van der Waals surface area contributed by atoms with Crippen LogP contribution in [0.1, 0.15) is 33.1 Å². The van der Waals surface area contributed by atoms with Crippen molar-refractivity contribution < 1.29 is 9.90 Å². The fraction of sp³-hybridized carbons (Fsp3) is 0.727. The summed E-state index contributed by atoms with van der Waals surface area (Å²) in [6, 6.07) is 0. The van der Waals surface area contributed by atoms with Crippen molar-refractivity contribution in [1.82, 2.24) is 4.90 Å². The number of carboxylic acid groups (broad SMARTS) is 1. The number of hydrogen-bond donors (Lipinski definition) is 1. The average molecular weight is 199 g/mol. The van der Waals surface area contributed by atoms with Crippen molar-refractivity contribution in [1.29, 1.82) is 0 Å². The van der Waals surface area contributed by atoms with Gasteiger partial charge in [-0.2, -0.15) is 0 Å². The summed E-state index contributed by atoms with van der Waals surface area (Å²) in [6.07, 6.45) is 2.79. The summed E-state index contributed by atoms with van der Waals surface area (Å²) in [6.45, 7) is 10.7. The van der Waals surface area contributed by atoms with Gasteiger partial charge in [-0.1, -0.05) is 20.4 Å². The van der Waals surface area contributed by atoms with Crippen molar-refractivity contribution in [3.63, 3.8) is 0 Å². The number of hydrogen-bond acceptors (Lipinski definition) is 2. The van der Waals surface area contributed by atoms with E-state index in [0.29, 0.717) is 12.0 Å². The first-order chi connectivity index (χ1) is 6.61. The van der Waals surface area contributed by atoms with Crippen LogP contribution >= 0.6 is 0 Å². The van der Waals surface area contributed by atoms with E-state index in [-0.39, 0.29) is 0 Å². The third-order valence-electron chi connectivity index (χ3n) is 2.11. The van der Waals surface area contributed by atoms with E-state index < -0.39 is 5.97 Å². The summed E-state index contributed by atoms with van der Waals surface area (Å²) in [5.41, 5.74) is 0.308. The van der Waals surface area contributed by atoms with Gasteiger partial charge in [0.25, 0.3) is 0 Å². The summed E-state index contributed by atoms with van der Waals surface area (Å²) in [4.78, 5) is 12.8. The molecule has 0 aromatic rings. The van der Waals surface area contributed by atoms with Crippen molar-refractivity contribution in [2.24, 2.45) is 0 Å². The Kier molecular flexibility index (Phi) is 7.11. The van der Waals surface area contributed by atoms with Gasteiger partial charge in [-0.3, -0.25) is 0 Å². The predicted octanol–water partition coefficient (Wildman–Crippen LogP) is 2.14. The molecule has 0 bridgehead atoms. The smallest absolute Gasteiger partial charge is 0.331 e. The molecule has 0 fully saturated rings. The highest BCUT2D eigenvalue weighted by Gasteiger charge is 2.07. The standard InChI is InChI=1S/C11H21NO2/c1-4-7-12(8-5-2)9-6-10(3)11(13)14/h3-9H2,1-2H3,(H,13,14). The van der Waals surface area contributed by atoms with Gasteiger partial charge in [-0.05, 0) is 32.4 Å². The molecule has 0 aliphatic heterocycles. The lowest BCUT2D eigenvalue weighted by atomic mass is 10.2. The van der Waals surface area contributed by atoms with Crippen LogP contribution in [0.5, 0.6) is 0 Å². The molecule has 1 N–H and O–H groups in total. The number of rotatable bonds is 8. The lowest BCUT2D eigenvalue weighted by molar-refractivity contribution is -0.132. The zero-order chi connectivity index (χ0) is 11.0. The highest BCUT2D eigenvalue weighted by Crippen LogP contribution is 2.02. The fourth-order valence-electron chi connectivity index (χ4n) is 1.37. The van der Waals surface area contributed by atoms with Gasteiger partial charge in [0, 0.05) is 12.1 Å². The van der Waals surface area contributed by atoms with Crippen LogP contribution in [0.25, 0.3) is 0 Å². The number of carboxylic acids is 1. The molecule has 3 heteroatoms. The van der Waals surface area contributed by atoms with Crippen LogP contribution in [0.3, 0.4) is 0 Å². The second kappa shape index (κ2) is 7.56. The lowest BCUT2D eigenvalue weighted by Crippen LogP contribution is -2.27. The zero-order valence-corrected chi connectivity index (χ0v) is 9.25. The molecule has 0 aliphatic rings. The first-order valence-electron chi connectivity index (χ1n) is 5.25. The van der Waals surface area contributed by atoms with Gasteiger partial charge in [0.2, 0.25) is 0 Å². The highest BCUT2D eigenvalue weighted by atomic mass is 16.4. The lowest BCUT2D eigenvalue weighted by Gasteiger charge is -2.20. The maximum Gasteiger partial charge on any atom is 0.331 e. The SMILES string of the molecule is C=C(CCN(CCC)CCC)C(=O)O. The van der Waals surface area contributed by atoms with E-state index in [0.717, 1.165) is 32.5 Å². The quantitative estimate of drug-likeness (QED) is 0.609. The second-order valence-corrected chi connectivity index (χ2v) is 3.50. The van der Waals surface area contributed by atoms with E-state index in [9.17, 15) is 4.79 Å². The molecule has 0 aliphatic carbocycles. The normalized spacial score (nSPS) is 10.5. The average Bonchev–Trinajstić information content (AvgIpc) is 2.14. The van der Waals surface area contributed by atoms with Crippen molar-refractivity contribution >= 4 is 5.97 Å². The maximum atomic E-state index is 10.5. The molecule has 3 nitrogen and oxygen atoms in total. The Morgan fingerprint density at radius 1 is 1.21 bits per heavy atom. The Hall–Kier alpha value is -0.830. The molecule has 0 spiro atoms. The molecular formula is C11H21NO2. The van der Waals surface area contributed by atoms with Gasteiger partial charge in [0.05, 0.1) is 0 Å². The minimum atomic E-state index is -0.877. The third-order valence-corrected chi connectivity index (χ3v) is 2.11. The summed E-state index contributed by atoms with van der Waals surface area (Å²) in [5, 5.41) is 8.64. The van der Waals surface area contributed by atoms with Gasteiger partial charge in [0.1, 0.15) is 0 Å². The van der Waals surface area contributed by atoms with E-state index >= 15 is 0 Å². The van der Waals surface area contributed by atoms with E-state index in [1.807, 2.05) is 0 Å². The zero-order valence-electron chi connectivity index (χ0n) is 9.25. The Morgan fingerprint density at radius 2 is 1.71 bits per heavy atom. The molecule has 0 unspecified atom stereocenters. The molecule has 0 aromatic carbocycles. The Bertz CT molecular complexity index is 184. The van der Waals surface area contributed by atoms with Crippen LogP contribution in [-0.2, 0) is 4.79 Å². The molecule has 0 atom stereocenters. The van der Waals surface area contributed by atoms with Crippen LogP contribution in [0.4, 0.5) is 0 Å². The molecule has 0 rings (SSSR count). The monoisotopic (exact) mass is 199 g/mol. The predicted molar refractivity (Wildman–Crippen MR) is 58.4 cm³/mol. The maximum absolute atomic E-state index is 10.5. The van der Waals surface area contributed by atoms with Crippen LogP contribution < -0.4 is 0 Å². The van der Waals surface area contributed by atoms with Gasteiger partial charge in [-0.25, -0.2) is 4.79 Å². The van der Waals surface area contributed by atoms with Crippen molar-refractivity contribution in [3.8, 4) is 0 Å². The molecule has 14 heavy (non-hydrogen) atoms. The van der Waals surface area contributed by atoms with E-state index in [1.54, 1.807) is 0 Å². The first kappa shape index (κ1) is 13.2. The van der Waals surface area contributed by atoms with Gasteiger partial charge >= 0.3 is 5.97 Å². The van der Waals surface area contributed by atoms with E-state index in [1.165, 1.54) is 0 Å². The molecular weight excluding hydrogens is 178 g/mol. The highest BCUT2D eigenvalue weighted by molar-refractivity contribution is 5.85. The molecule has 0 radical (unpaired) electrons. The summed E-state index contributed by atoms with van der Waals surface area (Å²) in [7, 11) is 0. The van der Waals surface area contributed by atoms with Crippen LogP contribution in [-0.4, -0.2) is 35.6 Å². The Labute approximate surface area is 86.4 Å². The first-order valence-corrected chi connectivity index (χ1v) is 5.25. The van der Waals surface area contributed by atoms with Crippen molar-refractivity contribution in [2.75, 3.05) is 19.6 Å². The van der Waals surface area contributed by atoms with Crippen LogP contribution in [0.2, 0.25) is 0 Å². The molecule has 82 valence electrons. The topological polar surface area (TPSA) is 40.5 Å². The second-order valence-electron chi connectivity index (χ2n) is 3.50. The molecule has 0 saturated heterocycles. The summed E-state index contributed by atoms with van der Waals surface area (Å²) < 4.78 is 0. The van der Waals surface area contributed by atoms with Gasteiger partial charge in [-0.15, -0.1) is 0 Å². The van der Waals surface area contributed by atoms with E-state index in [2.05, 4.69) is 25.3 Å². The number of aliphatic carboxylic acids is 1. The fourth-order valence-corrected chi connectivity index (χ4v) is 1.37. The van der Waals surface area contributed by atoms with Crippen molar-refractivity contribution in [2.45, 2.75) is 33.1 Å². The van der Waals surface area contributed by atoms with Crippen molar-refractivity contribution in [3.05, 3.63) is 12.2 Å². The molecule has 0 heterocycles. The van der Waals surface area contributed by atoms with Gasteiger partial charge in [0.15, 0.2) is 0 Å². The van der Waals surface area contributed by atoms with Gasteiger partial charge < -0.3 is 10.0 Å². The number of carbonyl (C=O) groups is 1. The third kappa shape index (κ3) is 5.75. The Morgan fingerprint density at radius 3 is 2.07 bits per heavy atom. The molecule has 0 saturated carbocycles. The summed E-state index contributed by atoms with van der Waals surface area (Å²) in [5.74, 6) is -0.877. The molecule has 0 amide bonds.